The lowest BCUT2D eigenvalue weighted by molar-refractivity contribution is -0.143. The van der Waals surface area contributed by atoms with E-state index in [2.05, 4.69) is 42.6 Å². The first-order chi connectivity index (χ1) is 13.9. The van der Waals surface area contributed by atoms with Crippen molar-refractivity contribution in [2.24, 2.45) is 5.92 Å². The Morgan fingerprint density at radius 3 is 2.62 bits per heavy atom. The highest BCUT2D eigenvalue weighted by Gasteiger charge is 2.34. The van der Waals surface area contributed by atoms with E-state index in [1.807, 2.05) is 18.7 Å². The molecule has 0 bridgehead atoms. The van der Waals surface area contributed by atoms with Crippen LogP contribution in [0.15, 0.2) is 35.7 Å². The molecule has 2 amide bonds. The van der Waals surface area contributed by atoms with E-state index < -0.39 is 0 Å². The van der Waals surface area contributed by atoms with Crippen LogP contribution in [0.2, 0.25) is 0 Å². The summed E-state index contributed by atoms with van der Waals surface area (Å²) in [5.74, 6) is -0.189. The topological polar surface area (TPSA) is 49.9 Å². The van der Waals surface area contributed by atoms with Crippen LogP contribution >= 0.6 is 11.3 Å². The summed E-state index contributed by atoms with van der Waals surface area (Å²) in [5, 5.41) is 2.10. The van der Waals surface area contributed by atoms with Crippen molar-refractivity contribution in [3.8, 4) is 0 Å². The average molecular weight is 415 g/mol. The Bertz CT molecular complexity index is 844. The standard InChI is InChI=1S/C23H30N2O3S/c1-16(2)23(27)24(12-13-28-4)15-21(26)25-11-9-20-19(10-14-29-20)22(25)18-7-5-17(3)6-8-18/h5-8,10,14,16,22H,9,11-13,15H2,1-4H3. The first-order valence-corrected chi connectivity index (χ1v) is 11.0. The van der Waals surface area contributed by atoms with Crippen molar-refractivity contribution < 1.29 is 14.3 Å². The number of carbonyl (C=O) groups is 2. The highest BCUT2D eigenvalue weighted by molar-refractivity contribution is 7.10. The van der Waals surface area contributed by atoms with Crippen LogP contribution in [-0.2, 0) is 20.7 Å². The molecule has 0 radical (unpaired) electrons. The molecule has 0 fully saturated rings. The molecule has 1 atom stereocenters. The number of amides is 2. The molecule has 1 aromatic carbocycles. The lowest BCUT2D eigenvalue weighted by Gasteiger charge is -2.38. The Kier molecular flexibility index (Phi) is 7.09. The molecule has 3 rings (SSSR count). The van der Waals surface area contributed by atoms with E-state index in [4.69, 9.17) is 4.74 Å². The minimum Gasteiger partial charge on any atom is -0.383 e. The molecule has 0 N–H and O–H groups in total. The summed E-state index contributed by atoms with van der Waals surface area (Å²) in [4.78, 5) is 30.9. The van der Waals surface area contributed by atoms with E-state index in [9.17, 15) is 9.59 Å². The van der Waals surface area contributed by atoms with E-state index in [0.717, 1.165) is 12.0 Å². The van der Waals surface area contributed by atoms with Crippen LogP contribution in [0.3, 0.4) is 0 Å². The number of fused-ring (bicyclic) bond motifs is 1. The highest BCUT2D eigenvalue weighted by atomic mass is 32.1. The van der Waals surface area contributed by atoms with Crippen molar-refractivity contribution in [2.75, 3.05) is 33.4 Å². The van der Waals surface area contributed by atoms with Gasteiger partial charge in [0, 0.05) is 31.0 Å². The summed E-state index contributed by atoms with van der Waals surface area (Å²) in [5.41, 5.74) is 3.51. The normalized spacial score (nSPS) is 16.0. The van der Waals surface area contributed by atoms with E-state index in [0.29, 0.717) is 19.7 Å². The van der Waals surface area contributed by atoms with Gasteiger partial charge in [-0.2, -0.15) is 0 Å². The Hall–Kier alpha value is -2.18. The zero-order valence-electron chi connectivity index (χ0n) is 17.7. The van der Waals surface area contributed by atoms with Gasteiger partial charge < -0.3 is 14.5 Å². The van der Waals surface area contributed by atoms with Crippen molar-refractivity contribution >= 4 is 23.2 Å². The first kappa shape index (κ1) is 21.5. The SMILES string of the molecule is COCCN(CC(=O)N1CCc2sccc2C1c1ccc(C)cc1)C(=O)C(C)C. The first-order valence-electron chi connectivity index (χ1n) is 10.1. The monoisotopic (exact) mass is 414 g/mol. The number of benzene rings is 1. The van der Waals surface area contributed by atoms with Gasteiger partial charge in [0.25, 0.3) is 0 Å². The molecule has 0 saturated carbocycles. The number of nitrogens with zero attached hydrogens (tertiary/aromatic N) is 2. The molecule has 5 nitrogen and oxygen atoms in total. The van der Waals surface area contributed by atoms with Crippen LogP contribution in [-0.4, -0.2) is 55.0 Å². The fourth-order valence-corrected chi connectivity index (χ4v) is 4.68. The second-order valence-corrected chi connectivity index (χ2v) is 8.86. The second-order valence-electron chi connectivity index (χ2n) is 7.86. The molecular formula is C23H30N2O3S. The number of methoxy groups -OCH3 is 1. The summed E-state index contributed by atoms with van der Waals surface area (Å²) in [6, 6.07) is 10.4. The molecule has 0 aliphatic carbocycles. The highest BCUT2D eigenvalue weighted by Crippen LogP contribution is 2.37. The third-order valence-corrected chi connectivity index (χ3v) is 6.37. The predicted octanol–water partition coefficient (Wildman–Crippen LogP) is 3.66. The van der Waals surface area contributed by atoms with Gasteiger partial charge in [0.1, 0.15) is 0 Å². The van der Waals surface area contributed by atoms with Gasteiger partial charge in [-0.25, -0.2) is 0 Å². The molecule has 6 heteroatoms. The van der Waals surface area contributed by atoms with E-state index in [1.165, 1.54) is 16.0 Å². The van der Waals surface area contributed by atoms with Crippen molar-refractivity contribution in [3.05, 3.63) is 57.3 Å². The molecule has 2 heterocycles. The van der Waals surface area contributed by atoms with Gasteiger partial charge in [0.15, 0.2) is 0 Å². The lowest BCUT2D eigenvalue weighted by atomic mass is 9.92. The maximum Gasteiger partial charge on any atom is 0.242 e. The fourth-order valence-electron chi connectivity index (χ4n) is 3.78. The zero-order valence-corrected chi connectivity index (χ0v) is 18.5. The molecule has 1 unspecified atom stereocenters. The Morgan fingerprint density at radius 1 is 1.24 bits per heavy atom. The average Bonchev–Trinajstić information content (AvgIpc) is 3.19. The van der Waals surface area contributed by atoms with Crippen LogP contribution in [0.4, 0.5) is 0 Å². The minimum absolute atomic E-state index is 0.0162. The third kappa shape index (κ3) is 4.87. The number of ether oxygens (including phenoxy) is 1. The smallest absolute Gasteiger partial charge is 0.242 e. The van der Waals surface area contributed by atoms with Gasteiger partial charge in [-0.3, -0.25) is 9.59 Å². The van der Waals surface area contributed by atoms with Gasteiger partial charge in [-0.1, -0.05) is 43.7 Å². The summed E-state index contributed by atoms with van der Waals surface area (Å²) in [6.07, 6.45) is 0.858. The van der Waals surface area contributed by atoms with E-state index >= 15 is 0 Å². The van der Waals surface area contributed by atoms with Gasteiger partial charge in [-0.05, 0) is 35.9 Å². The second kappa shape index (κ2) is 9.55. The van der Waals surface area contributed by atoms with Crippen molar-refractivity contribution in [3.63, 3.8) is 0 Å². The summed E-state index contributed by atoms with van der Waals surface area (Å²) in [6.45, 7) is 7.38. The van der Waals surface area contributed by atoms with Gasteiger partial charge in [0.05, 0.1) is 19.2 Å². The molecule has 2 aromatic rings. The summed E-state index contributed by atoms with van der Waals surface area (Å²) in [7, 11) is 1.61. The fraction of sp³-hybridized carbons (Fsp3) is 0.478. The number of hydrogen-bond acceptors (Lipinski definition) is 4. The Labute approximate surface area is 177 Å². The molecule has 0 spiro atoms. The summed E-state index contributed by atoms with van der Waals surface area (Å²) >= 11 is 1.76. The maximum atomic E-state index is 13.4. The molecule has 1 aliphatic rings. The quantitative estimate of drug-likeness (QED) is 0.695. The lowest BCUT2D eigenvalue weighted by Crippen LogP contribution is -2.48. The van der Waals surface area contributed by atoms with Gasteiger partial charge in [0.2, 0.25) is 11.8 Å². The zero-order chi connectivity index (χ0) is 21.0. The van der Waals surface area contributed by atoms with Crippen molar-refractivity contribution in [2.45, 2.75) is 33.2 Å². The largest absolute Gasteiger partial charge is 0.383 e. The molecular weight excluding hydrogens is 384 g/mol. The third-order valence-electron chi connectivity index (χ3n) is 5.38. The van der Waals surface area contributed by atoms with Crippen LogP contribution in [0, 0.1) is 12.8 Å². The number of thiophene rings is 1. The van der Waals surface area contributed by atoms with E-state index in [-0.39, 0.29) is 30.3 Å². The number of aryl methyl sites for hydroxylation is 1. The Balaban J connectivity index is 1.87. The molecule has 0 saturated heterocycles. The van der Waals surface area contributed by atoms with Crippen molar-refractivity contribution in [1.29, 1.82) is 0 Å². The van der Waals surface area contributed by atoms with Crippen LogP contribution < -0.4 is 0 Å². The molecule has 1 aromatic heterocycles. The molecule has 1 aliphatic heterocycles. The molecule has 29 heavy (non-hydrogen) atoms. The number of carbonyl (C=O) groups excluding carboxylic acids is 2. The predicted molar refractivity (Wildman–Crippen MR) is 116 cm³/mol. The molecule has 156 valence electrons. The van der Waals surface area contributed by atoms with E-state index in [1.54, 1.807) is 23.3 Å². The number of rotatable bonds is 7. The van der Waals surface area contributed by atoms with Crippen LogP contribution in [0.5, 0.6) is 0 Å². The minimum atomic E-state index is -0.155. The van der Waals surface area contributed by atoms with Crippen molar-refractivity contribution in [1.82, 2.24) is 9.80 Å². The Morgan fingerprint density at radius 2 is 1.97 bits per heavy atom. The number of hydrogen-bond donors (Lipinski definition) is 0. The van der Waals surface area contributed by atoms with Crippen LogP contribution in [0.25, 0.3) is 0 Å². The van der Waals surface area contributed by atoms with Crippen LogP contribution in [0.1, 0.15) is 41.5 Å². The van der Waals surface area contributed by atoms with Gasteiger partial charge >= 0.3 is 0 Å². The van der Waals surface area contributed by atoms with Gasteiger partial charge in [-0.15, -0.1) is 11.3 Å². The maximum absolute atomic E-state index is 13.4. The summed E-state index contributed by atoms with van der Waals surface area (Å²) < 4.78 is 5.15.